The maximum atomic E-state index is 11.4. The predicted molar refractivity (Wildman–Crippen MR) is 70.0 cm³/mol. The molecular weight excluding hydrogens is 256 g/mol. The Balaban J connectivity index is 2.20. The number of aliphatic carboxylic acids is 1. The second-order valence-corrected chi connectivity index (χ2v) is 4.18. The number of halogens is 1. The number of urea groups is 1. The van der Waals surface area contributed by atoms with Crippen molar-refractivity contribution in [3.05, 3.63) is 29.3 Å². The van der Waals surface area contributed by atoms with Crippen LogP contribution in [0.15, 0.2) is 24.3 Å². The van der Waals surface area contributed by atoms with Crippen LogP contribution >= 0.6 is 11.6 Å². The van der Waals surface area contributed by atoms with Crippen molar-refractivity contribution in [3.8, 4) is 0 Å². The van der Waals surface area contributed by atoms with Crippen molar-refractivity contribution < 1.29 is 14.7 Å². The third-order valence-electron chi connectivity index (χ3n) is 2.19. The van der Waals surface area contributed by atoms with Gasteiger partial charge in [-0.2, -0.15) is 0 Å². The molecule has 18 heavy (non-hydrogen) atoms. The average Bonchev–Trinajstić information content (AvgIpc) is 2.28. The minimum absolute atomic E-state index is 0.123. The van der Waals surface area contributed by atoms with Gasteiger partial charge in [-0.05, 0) is 31.0 Å². The molecule has 0 heterocycles. The SMILES string of the molecule is O=C(O)CCCCNC(=O)Nc1cccc(Cl)c1. The Morgan fingerprint density at radius 1 is 1.28 bits per heavy atom. The number of anilines is 1. The average molecular weight is 271 g/mol. The molecule has 6 heteroatoms. The van der Waals surface area contributed by atoms with Gasteiger partial charge in [0.15, 0.2) is 0 Å². The van der Waals surface area contributed by atoms with Crippen LogP contribution < -0.4 is 10.6 Å². The van der Waals surface area contributed by atoms with Gasteiger partial charge in [-0.25, -0.2) is 4.79 Å². The molecule has 0 bridgehead atoms. The van der Waals surface area contributed by atoms with E-state index in [4.69, 9.17) is 16.7 Å². The predicted octanol–water partition coefficient (Wildman–Crippen LogP) is 2.72. The second kappa shape index (κ2) is 7.55. The number of nitrogens with one attached hydrogen (secondary N) is 2. The molecule has 0 saturated carbocycles. The van der Waals surface area contributed by atoms with Crippen molar-refractivity contribution in [2.45, 2.75) is 19.3 Å². The highest BCUT2D eigenvalue weighted by Gasteiger charge is 2.02. The van der Waals surface area contributed by atoms with Gasteiger partial charge < -0.3 is 15.7 Å². The van der Waals surface area contributed by atoms with Gasteiger partial charge in [-0.3, -0.25) is 4.79 Å². The van der Waals surface area contributed by atoms with Crippen molar-refractivity contribution >= 4 is 29.3 Å². The first-order chi connectivity index (χ1) is 8.58. The lowest BCUT2D eigenvalue weighted by atomic mass is 10.2. The number of carbonyl (C=O) groups excluding carboxylic acids is 1. The van der Waals surface area contributed by atoms with Crippen LogP contribution in [0.5, 0.6) is 0 Å². The monoisotopic (exact) mass is 270 g/mol. The molecule has 0 saturated heterocycles. The van der Waals surface area contributed by atoms with E-state index < -0.39 is 5.97 Å². The lowest BCUT2D eigenvalue weighted by molar-refractivity contribution is -0.137. The van der Waals surface area contributed by atoms with Crippen LogP contribution in [0.2, 0.25) is 5.02 Å². The van der Waals surface area contributed by atoms with Gasteiger partial charge in [0, 0.05) is 23.7 Å². The fourth-order valence-electron chi connectivity index (χ4n) is 1.34. The Bertz CT molecular complexity index is 424. The highest BCUT2D eigenvalue weighted by atomic mass is 35.5. The molecule has 0 aromatic heterocycles. The molecule has 0 aliphatic carbocycles. The zero-order chi connectivity index (χ0) is 13.4. The minimum atomic E-state index is -0.821. The molecule has 98 valence electrons. The largest absolute Gasteiger partial charge is 0.481 e. The number of benzene rings is 1. The maximum Gasteiger partial charge on any atom is 0.319 e. The molecule has 1 aromatic rings. The third kappa shape index (κ3) is 6.10. The van der Waals surface area contributed by atoms with Crippen LogP contribution in [-0.4, -0.2) is 23.7 Å². The quantitative estimate of drug-likeness (QED) is 0.696. The molecular formula is C12H15ClN2O3. The Kier molecular flexibility index (Phi) is 6.00. The fraction of sp³-hybridized carbons (Fsp3) is 0.333. The lowest BCUT2D eigenvalue weighted by Gasteiger charge is -2.07. The van der Waals surface area contributed by atoms with Crippen LogP contribution in [-0.2, 0) is 4.79 Å². The zero-order valence-electron chi connectivity index (χ0n) is 9.78. The summed E-state index contributed by atoms with van der Waals surface area (Å²) in [6.07, 6.45) is 1.31. The van der Waals surface area contributed by atoms with Crippen LogP contribution in [0.25, 0.3) is 0 Å². The number of amides is 2. The van der Waals surface area contributed by atoms with Gasteiger partial charge in [0.2, 0.25) is 0 Å². The number of hydrogen-bond acceptors (Lipinski definition) is 2. The van der Waals surface area contributed by atoms with Gasteiger partial charge in [-0.1, -0.05) is 17.7 Å². The van der Waals surface area contributed by atoms with Crippen LogP contribution in [0.3, 0.4) is 0 Å². The maximum absolute atomic E-state index is 11.4. The summed E-state index contributed by atoms with van der Waals surface area (Å²) in [5.41, 5.74) is 0.616. The normalized spacial score (nSPS) is 9.83. The summed E-state index contributed by atoms with van der Waals surface area (Å²) in [7, 11) is 0. The Labute approximate surface area is 110 Å². The van der Waals surface area contributed by atoms with Crippen molar-refractivity contribution in [1.29, 1.82) is 0 Å². The first-order valence-electron chi connectivity index (χ1n) is 5.60. The number of carbonyl (C=O) groups is 2. The molecule has 0 atom stereocenters. The highest BCUT2D eigenvalue weighted by Crippen LogP contribution is 2.14. The van der Waals surface area contributed by atoms with E-state index in [1.807, 2.05) is 0 Å². The lowest BCUT2D eigenvalue weighted by Crippen LogP contribution is -2.29. The summed E-state index contributed by atoms with van der Waals surface area (Å²) in [6.45, 7) is 0.444. The first-order valence-corrected chi connectivity index (χ1v) is 5.98. The number of unbranched alkanes of at least 4 members (excludes halogenated alkanes) is 1. The van der Waals surface area contributed by atoms with Crippen LogP contribution in [0.4, 0.5) is 10.5 Å². The molecule has 1 aromatic carbocycles. The van der Waals surface area contributed by atoms with E-state index in [1.54, 1.807) is 24.3 Å². The minimum Gasteiger partial charge on any atom is -0.481 e. The molecule has 3 N–H and O–H groups in total. The highest BCUT2D eigenvalue weighted by molar-refractivity contribution is 6.30. The van der Waals surface area contributed by atoms with Crippen molar-refractivity contribution in [2.75, 3.05) is 11.9 Å². The second-order valence-electron chi connectivity index (χ2n) is 3.74. The number of hydrogen-bond donors (Lipinski definition) is 3. The van der Waals surface area contributed by atoms with E-state index in [0.717, 1.165) is 0 Å². The van der Waals surface area contributed by atoms with E-state index in [9.17, 15) is 9.59 Å². The van der Waals surface area contributed by atoms with Gasteiger partial charge in [0.05, 0.1) is 0 Å². The van der Waals surface area contributed by atoms with E-state index in [2.05, 4.69) is 10.6 Å². The number of rotatable bonds is 6. The number of carboxylic acid groups (broad SMARTS) is 1. The molecule has 0 unspecified atom stereocenters. The summed E-state index contributed by atoms with van der Waals surface area (Å²) < 4.78 is 0. The summed E-state index contributed by atoms with van der Waals surface area (Å²) in [5, 5.41) is 14.3. The summed E-state index contributed by atoms with van der Waals surface area (Å²) in [5.74, 6) is -0.821. The van der Waals surface area contributed by atoms with E-state index in [1.165, 1.54) is 0 Å². The molecule has 5 nitrogen and oxygen atoms in total. The molecule has 0 aliphatic heterocycles. The summed E-state index contributed by atoms with van der Waals surface area (Å²) in [4.78, 5) is 21.7. The Hall–Kier alpha value is -1.75. The van der Waals surface area contributed by atoms with E-state index in [-0.39, 0.29) is 12.5 Å². The smallest absolute Gasteiger partial charge is 0.319 e. The topological polar surface area (TPSA) is 78.4 Å². The van der Waals surface area contributed by atoms with Crippen LogP contribution in [0, 0.1) is 0 Å². The third-order valence-corrected chi connectivity index (χ3v) is 2.42. The number of carboxylic acids is 1. The molecule has 0 fully saturated rings. The van der Waals surface area contributed by atoms with Gasteiger partial charge in [0.25, 0.3) is 0 Å². The fourth-order valence-corrected chi connectivity index (χ4v) is 1.53. The van der Waals surface area contributed by atoms with Gasteiger partial charge >= 0.3 is 12.0 Å². The molecule has 1 rings (SSSR count). The summed E-state index contributed by atoms with van der Waals surface area (Å²) >= 11 is 5.78. The Morgan fingerprint density at radius 3 is 2.72 bits per heavy atom. The van der Waals surface area contributed by atoms with Crippen molar-refractivity contribution in [2.24, 2.45) is 0 Å². The molecule has 2 amide bonds. The van der Waals surface area contributed by atoms with Gasteiger partial charge in [-0.15, -0.1) is 0 Å². The van der Waals surface area contributed by atoms with Crippen LogP contribution in [0.1, 0.15) is 19.3 Å². The molecule has 0 spiro atoms. The van der Waals surface area contributed by atoms with Gasteiger partial charge in [0.1, 0.15) is 0 Å². The Morgan fingerprint density at radius 2 is 2.06 bits per heavy atom. The summed E-state index contributed by atoms with van der Waals surface area (Å²) in [6, 6.07) is 6.51. The first kappa shape index (κ1) is 14.3. The van der Waals surface area contributed by atoms with Crippen molar-refractivity contribution in [3.63, 3.8) is 0 Å². The van der Waals surface area contributed by atoms with Crippen molar-refractivity contribution in [1.82, 2.24) is 5.32 Å². The molecule has 0 aliphatic rings. The van der Waals surface area contributed by atoms with E-state index in [0.29, 0.717) is 30.1 Å². The standard InChI is InChI=1S/C12H15ClN2O3/c13-9-4-3-5-10(8-9)15-12(18)14-7-2-1-6-11(16)17/h3-5,8H,1-2,6-7H2,(H,16,17)(H2,14,15,18). The van der Waals surface area contributed by atoms with E-state index >= 15 is 0 Å². The molecule has 0 radical (unpaired) electrons. The zero-order valence-corrected chi connectivity index (χ0v) is 10.5.